The molecule has 0 aliphatic heterocycles. The van der Waals surface area contributed by atoms with Gasteiger partial charge in [0.1, 0.15) is 0 Å². The molecule has 0 amide bonds. The molecule has 0 spiro atoms. The zero-order chi connectivity index (χ0) is 5.11. The summed E-state index contributed by atoms with van der Waals surface area (Å²) in [6.07, 6.45) is 6.34. The Kier molecular flexibility index (Phi) is 1.47. The molecule has 7 heavy (non-hydrogen) atoms. The standard InChI is InChI=1S/C6H9O/c7-6-4-2-1-3-5-6/h1-2,6H,3-5H2/q-1. The maximum absolute atomic E-state index is 10.5. The molecule has 0 fully saturated rings. The predicted molar refractivity (Wildman–Crippen MR) is 26.8 cm³/mol. The highest BCUT2D eigenvalue weighted by molar-refractivity contribution is 4.89. The highest BCUT2D eigenvalue weighted by Gasteiger charge is 1.93. The van der Waals surface area contributed by atoms with Gasteiger partial charge in [0.2, 0.25) is 0 Å². The molecular formula is C6H9O-. The first-order chi connectivity index (χ1) is 3.39. The van der Waals surface area contributed by atoms with Crippen molar-refractivity contribution >= 4 is 0 Å². The van der Waals surface area contributed by atoms with Crippen molar-refractivity contribution in [3.63, 3.8) is 0 Å². The van der Waals surface area contributed by atoms with Gasteiger partial charge in [-0.1, -0.05) is 18.6 Å². The summed E-state index contributed by atoms with van der Waals surface area (Å²) >= 11 is 0. The van der Waals surface area contributed by atoms with E-state index in [9.17, 15) is 5.11 Å². The molecule has 1 heteroatoms. The van der Waals surface area contributed by atoms with E-state index in [-0.39, 0.29) is 6.10 Å². The van der Waals surface area contributed by atoms with Crippen LogP contribution in [-0.4, -0.2) is 6.10 Å². The fourth-order valence-electron chi connectivity index (χ4n) is 0.766. The van der Waals surface area contributed by atoms with Crippen molar-refractivity contribution in [1.29, 1.82) is 0 Å². The Morgan fingerprint density at radius 3 is 2.57 bits per heavy atom. The van der Waals surface area contributed by atoms with Crippen LogP contribution in [0.4, 0.5) is 0 Å². The highest BCUT2D eigenvalue weighted by atomic mass is 16.3. The van der Waals surface area contributed by atoms with E-state index in [1.807, 2.05) is 6.08 Å². The van der Waals surface area contributed by atoms with Gasteiger partial charge in [0.05, 0.1) is 0 Å². The largest absolute Gasteiger partial charge is 0.852 e. The van der Waals surface area contributed by atoms with Gasteiger partial charge in [-0.2, -0.15) is 0 Å². The predicted octanol–water partition coefficient (Wildman–Crippen LogP) is 0.455. The fourth-order valence-corrected chi connectivity index (χ4v) is 0.766. The second-order valence-electron chi connectivity index (χ2n) is 1.91. The van der Waals surface area contributed by atoms with Gasteiger partial charge >= 0.3 is 0 Å². The van der Waals surface area contributed by atoms with E-state index in [1.54, 1.807) is 0 Å². The third kappa shape index (κ3) is 1.32. The molecule has 40 valence electrons. The number of hydrogen-bond donors (Lipinski definition) is 0. The maximum atomic E-state index is 10.5. The van der Waals surface area contributed by atoms with Crippen molar-refractivity contribution < 1.29 is 5.11 Å². The van der Waals surface area contributed by atoms with Crippen molar-refractivity contribution in [2.45, 2.75) is 25.4 Å². The van der Waals surface area contributed by atoms with Crippen LogP contribution in [0, 0.1) is 0 Å². The first kappa shape index (κ1) is 4.85. The molecule has 1 atom stereocenters. The number of rotatable bonds is 0. The third-order valence-corrected chi connectivity index (χ3v) is 1.22. The molecule has 1 unspecified atom stereocenters. The molecule has 0 saturated carbocycles. The molecule has 0 aromatic rings. The fraction of sp³-hybridized carbons (Fsp3) is 0.667. The van der Waals surface area contributed by atoms with Crippen molar-refractivity contribution in [3.8, 4) is 0 Å². The van der Waals surface area contributed by atoms with Crippen LogP contribution in [0.3, 0.4) is 0 Å². The lowest BCUT2D eigenvalue weighted by Gasteiger charge is -2.21. The minimum absolute atomic E-state index is 0.301. The molecule has 1 aliphatic rings. The lowest BCUT2D eigenvalue weighted by molar-refractivity contribution is -0.420. The van der Waals surface area contributed by atoms with E-state index < -0.39 is 0 Å². The third-order valence-electron chi connectivity index (χ3n) is 1.22. The maximum Gasteiger partial charge on any atom is -0.0361 e. The molecule has 0 aromatic heterocycles. The second kappa shape index (κ2) is 2.12. The summed E-state index contributed by atoms with van der Waals surface area (Å²) < 4.78 is 0. The molecule has 0 heterocycles. The quantitative estimate of drug-likeness (QED) is 0.402. The Labute approximate surface area is 43.7 Å². The normalized spacial score (nSPS) is 30.7. The van der Waals surface area contributed by atoms with E-state index in [0.717, 1.165) is 19.3 Å². The summed E-state index contributed by atoms with van der Waals surface area (Å²) in [6, 6.07) is 0. The van der Waals surface area contributed by atoms with Crippen LogP contribution in [0.15, 0.2) is 12.2 Å². The number of hydrogen-bond acceptors (Lipinski definition) is 1. The first-order valence-electron chi connectivity index (χ1n) is 2.70. The van der Waals surface area contributed by atoms with E-state index in [4.69, 9.17) is 0 Å². The average molecular weight is 97.1 g/mol. The van der Waals surface area contributed by atoms with Crippen LogP contribution < -0.4 is 5.11 Å². The molecule has 0 bridgehead atoms. The monoisotopic (exact) mass is 97.1 g/mol. The topological polar surface area (TPSA) is 23.1 Å². The Morgan fingerprint density at radius 2 is 2.29 bits per heavy atom. The Balaban J connectivity index is 2.32. The summed E-state index contributed by atoms with van der Waals surface area (Å²) in [5.41, 5.74) is 0. The van der Waals surface area contributed by atoms with E-state index in [2.05, 4.69) is 6.08 Å². The molecule has 1 aliphatic carbocycles. The van der Waals surface area contributed by atoms with Crippen molar-refractivity contribution in [1.82, 2.24) is 0 Å². The summed E-state index contributed by atoms with van der Waals surface area (Å²) in [6.45, 7) is 0. The second-order valence-corrected chi connectivity index (χ2v) is 1.91. The van der Waals surface area contributed by atoms with Crippen molar-refractivity contribution in [2.24, 2.45) is 0 Å². The van der Waals surface area contributed by atoms with Crippen LogP contribution in [0.2, 0.25) is 0 Å². The van der Waals surface area contributed by atoms with Gasteiger partial charge in [0, 0.05) is 0 Å². The summed E-state index contributed by atoms with van der Waals surface area (Å²) in [5.74, 6) is 0. The Morgan fingerprint density at radius 1 is 1.43 bits per heavy atom. The van der Waals surface area contributed by atoms with Crippen LogP contribution >= 0.6 is 0 Å². The van der Waals surface area contributed by atoms with Crippen molar-refractivity contribution in [2.75, 3.05) is 0 Å². The molecule has 0 N–H and O–H groups in total. The first-order valence-corrected chi connectivity index (χ1v) is 2.70. The number of allylic oxidation sites excluding steroid dienone is 1. The molecular weight excluding hydrogens is 88.1 g/mol. The smallest absolute Gasteiger partial charge is 0.0361 e. The van der Waals surface area contributed by atoms with Gasteiger partial charge in [-0.25, -0.2) is 0 Å². The molecule has 0 aromatic carbocycles. The lowest BCUT2D eigenvalue weighted by atomic mass is 10.1. The lowest BCUT2D eigenvalue weighted by Crippen LogP contribution is -2.24. The van der Waals surface area contributed by atoms with Crippen LogP contribution in [0.5, 0.6) is 0 Å². The summed E-state index contributed by atoms with van der Waals surface area (Å²) in [7, 11) is 0. The van der Waals surface area contributed by atoms with E-state index >= 15 is 0 Å². The van der Waals surface area contributed by atoms with Gasteiger partial charge in [0.15, 0.2) is 0 Å². The summed E-state index contributed by atoms with van der Waals surface area (Å²) in [5, 5.41) is 10.5. The van der Waals surface area contributed by atoms with Crippen LogP contribution in [0.1, 0.15) is 19.3 Å². The van der Waals surface area contributed by atoms with Crippen LogP contribution in [0.25, 0.3) is 0 Å². The van der Waals surface area contributed by atoms with E-state index in [1.165, 1.54) is 0 Å². The van der Waals surface area contributed by atoms with Gasteiger partial charge in [0.25, 0.3) is 0 Å². The molecule has 0 saturated heterocycles. The van der Waals surface area contributed by atoms with Gasteiger partial charge in [-0.3, -0.25) is 0 Å². The minimum Gasteiger partial charge on any atom is -0.852 e. The highest BCUT2D eigenvalue weighted by Crippen LogP contribution is 2.06. The average Bonchev–Trinajstić information content (AvgIpc) is 1.69. The van der Waals surface area contributed by atoms with Gasteiger partial charge in [-0.15, -0.1) is 6.10 Å². The van der Waals surface area contributed by atoms with Gasteiger partial charge < -0.3 is 5.11 Å². The molecule has 1 nitrogen and oxygen atoms in total. The molecule has 1 rings (SSSR count). The zero-order valence-corrected chi connectivity index (χ0v) is 4.26. The Bertz CT molecular complexity index is 76.2. The minimum atomic E-state index is -0.301. The van der Waals surface area contributed by atoms with Crippen molar-refractivity contribution in [3.05, 3.63) is 12.2 Å². The molecule has 0 radical (unpaired) electrons. The Hall–Kier alpha value is -0.300. The zero-order valence-electron chi connectivity index (χ0n) is 4.26. The van der Waals surface area contributed by atoms with Gasteiger partial charge in [-0.05, 0) is 12.8 Å². The van der Waals surface area contributed by atoms with E-state index in [0.29, 0.717) is 0 Å². The SMILES string of the molecule is [O-]C1CC=CCC1. The van der Waals surface area contributed by atoms with Crippen LogP contribution in [-0.2, 0) is 0 Å². The summed E-state index contributed by atoms with van der Waals surface area (Å²) in [4.78, 5) is 0.